The number of rotatable bonds is 6. The molecule has 1 aliphatic rings. The van der Waals surface area contributed by atoms with Crippen LogP contribution in [0.15, 0.2) is 29.3 Å². The molecule has 12 heteroatoms. The number of nitrogens with one attached hydrogen (secondary N) is 2. The van der Waals surface area contributed by atoms with Crippen LogP contribution in [0.2, 0.25) is 5.02 Å². The number of carbonyl (C=O) groups is 2. The summed E-state index contributed by atoms with van der Waals surface area (Å²) in [5, 5.41) is 1.80. The van der Waals surface area contributed by atoms with Crippen molar-refractivity contribution in [1.29, 1.82) is 0 Å². The second-order valence-corrected chi connectivity index (χ2v) is 8.65. The summed E-state index contributed by atoms with van der Waals surface area (Å²) in [5.41, 5.74) is -1.48. The summed E-state index contributed by atoms with van der Waals surface area (Å²) < 4.78 is 60.1. The maximum absolute atomic E-state index is 13.4. The van der Waals surface area contributed by atoms with Gasteiger partial charge in [0.15, 0.2) is 11.6 Å². The van der Waals surface area contributed by atoms with Crippen LogP contribution < -0.4 is 10.0 Å². The van der Waals surface area contributed by atoms with Gasteiger partial charge in [-0.2, -0.15) is 4.72 Å². The molecule has 0 atom stereocenters. The monoisotopic (exact) mass is 447 g/mol. The number of benzene rings is 1. The zero-order valence-corrected chi connectivity index (χ0v) is 16.8. The van der Waals surface area contributed by atoms with Crippen molar-refractivity contribution in [2.24, 2.45) is 7.05 Å². The fourth-order valence-corrected chi connectivity index (χ4v) is 4.41. The highest BCUT2D eigenvalue weighted by Gasteiger charge is 2.54. The highest BCUT2D eigenvalue weighted by Crippen LogP contribution is 2.38. The zero-order valence-electron chi connectivity index (χ0n) is 15.3. The quantitative estimate of drug-likeness (QED) is 0.521. The largest absolute Gasteiger partial charge is 0.468 e. The lowest BCUT2D eigenvalue weighted by atomic mass is 10.3. The first-order valence-corrected chi connectivity index (χ1v) is 10.1. The second-order valence-electron chi connectivity index (χ2n) is 6.56. The number of carbonyl (C=O) groups excluding carboxylic acids is 2. The Morgan fingerprint density at radius 3 is 2.45 bits per heavy atom. The molecule has 1 amide bonds. The molecule has 1 aromatic carbocycles. The van der Waals surface area contributed by atoms with Gasteiger partial charge in [-0.15, -0.1) is 0 Å². The molecule has 8 nitrogen and oxygen atoms in total. The van der Waals surface area contributed by atoms with E-state index in [2.05, 4.69) is 14.8 Å². The molecule has 3 rings (SSSR count). The van der Waals surface area contributed by atoms with E-state index in [0.29, 0.717) is 12.8 Å². The summed E-state index contributed by atoms with van der Waals surface area (Å²) in [6.07, 6.45) is 1.79. The van der Waals surface area contributed by atoms with Crippen molar-refractivity contribution in [2.75, 3.05) is 12.4 Å². The average Bonchev–Trinajstić information content (AvgIpc) is 3.30. The van der Waals surface area contributed by atoms with Crippen LogP contribution in [0.25, 0.3) is 0 Å². The van der Waals surface area contributed by atoms with E-state index < -0.39 is 44.1 Å². The van der Waals surface area contributed by atoms with Gasteiger partial charge in [-0.25, -0.2) is 17.2 Å². The SMILES string of the molecule is COC(=O)C1(NS(=O)(=O)c2cc(C(=O)Nc3cc(F)c(F)c(Cl)c3)n(C)c2)CC1. The molecule has 2 N–H and O–H groups in total. The molecule has 29 heavy (non-hydrogen) atoms. The van der Waals surface area contributed by atoms with Gasteiger partial charge in [0.25, 0.3) is 5.91 Å². The van der Waals surface area contributed by atoms with E-state index in [4.69, 9.17) is 11.6 Å². The number of methoxy groups -OCH3 is 1. The lowest BCUT2D eigenvalue weighted by Crippen LogP contribution is -2.43. The van der Waals surface area contributed by atoms with E-state index in [1.54, 1.807) is 0 Å². The van der Waals surface area contributed by atoms with Crippen LogP contribution in [0.5, 0.6) is 0 Å². The number of ether oxygens (including phenoxy) is 1. The minimum Gasteiger partial charge on any atom is -0.468 e. The first kappa shape index (κ1) is 21.2. The molecule has 2 aromatic rings. The molecule has 156 valence electrons. The molecule has 1 heterocycles. The van der Waals surface area contributed by atoms with E-state index in [0.717, 1.165) is 25.3 Å². The maximum atomic E-state index is 13.4. The molecular weight excluding hydrogens is 432 g/mol. The average molecular weight is 448 g/mol. The van der Waals surface area contributed by atoms with E-state index in [9.17, 15) is 26.8 Å². The van der Waals surface area contributed by atoms with Crippen LogP contribution in [-0.2, 0) is 26.6 Å². The number of anilines is 1. The number of hydrogen-bond donors (Lipinski definition) is 2. The van der Waals surface area contributed by atoms with Gasteiger partial charge in [-0.05, 0) is 25.0 Å². The summed E-state index contributed by atoms with van der Waals surface area (Å²) >= 11 is 5.55. The smallest absolute Gasteiger partial charge is 0.327 e. The molecule has 0 bridgehead atoms. The first-order chi connectivity index (χ1) is 13.5. The predicted molar refractivity (Wildman–Crippen MR) is 99.0 cm³/mol. The molecule has 0 spiro atoms. The normalized spacial score (nSPS) is 15.1. The summed E-state index contributed by atoms with van der Waals surface area (Å²) in [4.78, 5) is 24.0. The Bertz CT molecular complexity index is 1090. The van der Waals surface area contributed by atoms with Crippen molar-refractivity contribution < 1.29 is 31.5 Å². The maximum Gasteiger partial charge on any atom is 0.327 e. The number of aromatic nitrogens is 1. The van der Waals surface area contributed by atoms with Gasteiger partial charge in [-0.3, -0.25) is 9.59 Å². The highest BCUT2D eigenvalue weighted by molar-refractivity contribution is 7.89. The molecule has 1 aromatic heterocycles. The van der Waals surface area contributed by atoms with E-state index in [1.807, 2.05) is 0 Å². The Hall–Kier alpha value is -2.50. The fourth-order valence-electron chi connectivity index (χ4n) is 2.71. The second kappa shape index (κ2) is 7.39. The molecule has 1 aliphatic carbocycles. The molecular formula is C17H16ClF2N3O5S. The topological polar surface area (TPSA) is 106 Å². The van der Waals surface area contributed by atoms with Gasteiger partial charge in [0.05, 0.1) is 12.1 Å². The molecule has 0 unspecified atom stereocenters. The number of nitrogens with zero attached hydrogens (tertiary/aromatic N) is 1. The third-order valence-corrected chi connectivity index (χ3v) is 6.20. The van der Waals surface area contributed by atoms with Crippen molar-refractivity contribution in [3.63, 3.8) is 0 Å². The predicted octanol–water partition coefficient (Wildman–Crippen LogP) is 2.19. The number of sulfonamides is 1. The summed E-state index contributed by atoms with van der Waals surface area (Å²) in [5.74, 6) is -3.96. The van der Waals surface area contributed by atoms with Crippen LogP contribution in [0, 0.1) is 11.6 Å². The summed E-state index contributed by atoms with van der Waals surface area (Å²) in [6, 6.07) is 2.86. The van der Waals surface area contributed by atoms with Gasteiger partial charge in [0.1, 0.15) is 16.1 Å². The van der Waals surface area contributed by atoms with Crippen LogP contribution in [0.3, 0.4) is 0 Å². The minimum absolute atomic E-state index is 0.0749. The fraction of sp³-hybridized carbons (Fsp3) is 0.294. The third-order valence-electron chi connectivity index (χ3n) is 4.42. The van der Waals surface area contributed by atoms with Gasteiger partial charge in [-0.1, -0.05) is 11.6 Å². The Morgan fingerprint density at radius 1 is 1.24 bits per heavy atom. The zero-order chi connectivity index (χ0) is 21.6. The van der Waals surface area contributed by atoms with Crippen LogP contribution in [0.4, 0.5) is 14.5 Å². The highest BCUT2D eigenvalue weighted by atomic mass is 35.5. The summed E-state index contributed by atoms with van der Waals surface area (Å²) in [7, 11) is -1.53. The molecule has 1 saturated carbocycles. The van der Waals surface area contributed by atoms with Gasteiger partial charge in [0.2, 0.25) is 10.0 Å². The van der Waals surface area contributed by atoms with Crippen molar-refractivity contribution >= 4 is 39.2 Å². The molecule has 0 aliphatic heterocycles. The van der Waals surface area contributed by atoms with Crippen molar-refractivity contribution in [1.82, 2.24) is 9.29 Å². The van der Waals surface area contributed by atoms with Gasteiger partial charge >= 0.3 is 5.97 Å². The van der Waals surface area contributed by atoms with Crippen molar-refractivity contribution in [3.8, 4) is 0 Å². The molecule has 1 fully saturated rings. The van der Waals surface area contributed by atoms with Crippen LogP contribution in [-0.4, -0.2) is 37.5 Å². The third kappa shape index (κ3) is 4.11. The van der Waals surface area contributed by atoms with Crippen LogP contribution in [0.1, 0.15) is 23.3 Å². The number of aryl methyl sites for hydroxylation is 1. The van der Waals surface area contributed by atoms with E-state index in [-0.39, 0.29) is 16.3 Å². The van der Waals surface area contributed by atoms with E-state index >= 15 is 0 Å². The number of esters is 1. The molecule has 0 saturated heterocycles. The number of amides is 1. The van der Waals surface area contributed by atoms with E-state index in [1.165, 1.54) is 17.8 Å². The Kier molecular flexibility index (Phi) is 5.41. The lowest BCUT2D eigenvalue weighted by molar-refractivity contribution is -0.143. The Labute approximate surface area is 169 Å². The lowest BCUT2D eigenvalue weighted by Gasteiger charge is -2.14. The summed E-state index contributed by atoms with van der Waals surface area (Å²) in [6.45, 7) is 0. The Balaban J connectivity index is 1.83. The van der Waals surface area contributed by atoms with Gasteiger partial charge < -0.3 is 14.6 Å². The van der Waals surface area contributed by atoms with Gasteiger partial charge in [0, 0.05) is 25.0 Å². The standard InChI is InChI=1S/C17H16ClF2N3O5S/c1-23-8-10(29(26,27)22-17(3-4-17)16(25)28-2)7-13(23)15(24)21-9-5-11(18)14(20)12(19)6-9/h5-8,22H,3-4H2,1-2H3,(H,21,24). The number of hydrogen-bond acceptors (Lipinski definition) is 5. The van der Waals surface area contributed by atoms with Crippen LogP contribution >= 0.6 is 11.6 Å². The minimum atomic E-state index is -4.12. The Morgan fingerprint density at radius 2 is 1.90 bits per heavy atom. The van der Waals surface area contributed by atoms with Crippen molar-refractivity contribution in [3.05, 3.63) is 46.7 Å². The first-order valence-electron chi connectivity index (χ1n) is 8.24. The molecule has 0 radical (unpaired) electrons. The van der Waals surface area contributed by atoms with Crippen molar-refractivity contribution in [2.45, 2.75) is 23.3 Å². The number of halogens is 3.